The Balaban J connectivity index is 0.00000111. The van der Waals surface area contributed by atoms with Crippen LogP contribution in [0.25, 0.3) is 21.9 Å². The van der Waals surface area contributed by atoms with E-state index in [1.54, 1.807) is 0 Å². The zero-order valence-corrected chi connectivity index (χ0v) is 22.0. The summed E-state index contributed by atoms with van der Waals surface area (Å²) in [6.07, 6.45) is 3.01. The van der Waals surface area contributed by atoms with E-state index in [0.717, 1.165) is 18.5 Å². The van der Waals surface area contributed by atoms with Gasteiger partial charge in [-0.3, -0.25) is 0 Å². The highest BCUT2D eigenvalue weighted by Crippen LogP contribution is 2.29. The average Bonchev–Trinajstić information content (AvgIpc) is 2.81. The van der Waals surface area contributed by atoms with Gasteiger partial charge in [-0.2, -0.15) is 0 Å². The van der Waals surface area contributed by atoms with Crippen LogP contribution in [0.5, 0.6) is 0 Å². The van der Waals surface area contributed by atoms with Crippen LogP contribution in [0.2, 0.25) is 0 Å². The van der Waals surface area contributed by atoms with Crippen LogP contribution >= 0.6 is 27.7 Å². The molecule has 3 unspecified atom stereocenters. The Morgan fingerprint density at radius 2 is 1.07 bits per heavy atom. The molecule has 3 rings (SSSR count). The molecule has 0 nitrogen and oxygen atoms in total. The summed E-state index contributed by atoms with van der Waals surface area (Å²) < 4.78 is 0. The number of rotatable bonds is 4. The second-order valence-corrected chi connectivity index (χ2v) is 6.72. The molecule has 154 valence electrons. The summed E-state index contributed by atoms with van der Waals surface area (Å²) in [7, 11) is 8.47. The van der Waals surface area contributed by atoms with E-state index in [-0.39, 0.29) is 0 Å². The second kappa shape index (κ2) is 16.1. The molecule has 0 spiro atoms. The molecule has 3 heteroatoms. The van der Waals surface area contributed by atoms with Crippen molar-refractivity contribution in [2.24, 2.45) is 0 Å². The van der Waals surface area contributed by atoms with Gasteiger partial charge in [0.05, 0.1) is 0 Å². The number of benzene rings is 3. The summed E-state index contributed by atoms with van der Waals surface area (Å²) in [6.45, 7) is 12.0. The minimum atomic E-state index is 0.996. The van der Waals surface area contributed by atoms with E-state index in [2.05, 4.69) is 82.3 Å². The van der Waals surface area contributed by atoms with Gasteiger partial charge in [0.25, 0.3) is 0 Å². The first-order valence-corrected chi connectivity index (χ1v) is 12.9. The van der Waals surface area contributed by atoms with Gasteiger partial charge in [0, 0.05) is 0 Å². The predicted octanol–water partition coefficient (Wildman–Crippen LogP) is 8.71. The molecule has 0 heterocycles. The Bertz CT molecular complexity index is 810. The normalized spacial score (nSPS) is 9.32. The molecule has 0 aromatic heterocycles. The fraction of sp³-hybridized carbons (Fsp3) is 0.360. The maximum atomic E-state index is 2.84. The Hall–Kier alpha value is -0.790. The lowest BCUT2D eigenvalue weighted by molar-refractivity contribution is 1.30. The first-order chi connectivity index (χ1) is 13.7. The summed E-state index contributed by atoms with van der Waals surface area (Å²) in [6, 6.07) is 20.2. The Kier molecular flexibility index (Phi) is 15.6. The fourth-order valence-corrected chi connectivity index (χ4v) is 3.84. The molecule has 0 saturated carbocycles. The van der Waals surface area contributed by atoms with Gasteiger partial charge in [-0.15, -0.1) is 27.7 Å². The van der Waals surface area contributed by atoms with Crippen LogP contribution in [-0.4, -0.2) is 0 Å². The molecule has 0 aliphatic heterocycles. The molecule has 0 saturated heterocycles. The number of hydrogen-bond donors (Lipinski definition) is 0. The van der Waals surface area contributed by atoms with Crippen molar-refractivity contribution in [1.29, 1.82) is 0 Å². The molecular formula is C25H39P3. The van der Waals surface area contributed by atoms with Crippen LogP contribution in [0.4, 0.5) is 0 Å². The summed E-state index contributed by atoms with van der Waals surface area (Å²) in [5, 5.41) is 2.65. The van der Waals surface area contributed by atoms with Crippen LogP contribution in [-0.2, 0) is 18.5 Å². The third kappa shape index (κ3) is 7.56. The summed E-state index contributed by atoms with van der Waals surface area (Å²) in [5.41, 5.74) is 6.78. The molecule has 0 fully saturated rings. The van der Waals surface area contributed by atoms with Crippen molar-refractivity contribution >= 4 is 38.5 Å². The van der Waals surface area contributed by atoms with Crippen molar-refractivity contribution in [3.63, 3.8) is 0 Å². The average molecular weight is 433 g/mol. The zero-order chi connectivity index (χ0) is 21.5. The van der Waals surface area contributed by atoms with Crippen molar-refractivity contribution in [3.8, 4) is 11.1 Å². The monoisotopic (exact) mass is 432 g/mol. The van der Waals surface area contributed by atoms with E-state index >= 15 is 0 Å². The third-order valence-electron chi connectivity index (χ3n) is 4.09. The Morgan fingerprint density at radius 3 is 1.61 bits per heavy atom. The summed E-state index contributed by atoms with van der Waals surface area (Å²) >= 11 is 0. The zero-order valence-electron chi connectivity index (χ0n) is 18.5. The van der Waals surface area contributed by atoms with Crippen LogP contribution in [0.1, 0.15) is 58.2 Å². The van der Waals surface area contributed by atoms with Gasteiger partial charge >= 0.3 is 0 Å². The molecule has 28 heavy (non-hydrogen) atoms. The standard InChI is InChI=1S/C19H21P3.3C2H6/c20-10-13-2-1-3-14(6-13)15-4-5-16-8-18(11-21)19(12-22)9-17(16)7-15;3*1-2/h1-9H,10-12,20-22H2;3*1-2H3. The molecule has 3 atom stereocenters. The first kappa shape index (κ1) is 27.2. The smallest absolute Gasteiger partial charge is 0.0125 e. The van der Waals surface area contributed by atoms with Crippen molar-refractivity contribution in [1.82, 2.24) is 0 Å². The molecule has 3 aromatic rings. The molecule has 0 bridgehead atoms. The lowest BCUT2D eigenvalue weighted by atomic mass is 9.97. The van der Waals surface area contributed by atoms with E-state index in [1.165, 1.54) is 38.6 Å². The fourth-order valence-electron chi connectivity index (χ4n) is 2.83. The molecule has 0 radical (unpaired) electrons. The molecule has 0 amide bonds. The summed E-state index contributed by atoms with van der Waals surface area (Å²) in [5.74, 6) is 0. The first-order valence-electron chi connectivity index (χ1n) is 10.5. The van der Waals surface area contributed by atoms with Crippen molar-refractivity contribution in [2.45, 2.75) is 60.0 Å². The quantitative estimate of drug-likeness (QED) is 0.362. The predicted molar refractivity (Wildman–Crippen MR) is 144 cm³/mol. The van der Waals surface area contributed by atoms with E-state index in [9.17, 15) is 0 Å². The van der Waals surface area contributed by atoms with Gasteiger partial charge in [0.15, 0.2) is 0 Å². The van der Waals surface area contributed by atoms with Crippen LogP contribution in [0, 0.1) is 0 Å². The largest absolute Gasteiger partial charge is 0.133 e. The highest BCUT2D eigenvalue weighted by atomic mass is 31.0. The third-order valence-corrected chi connectivity index (χ3v) is 5.45. The van der Waals surface area contributed by atoms with Crippen molar-refractivity contribution in [2.75, 3.05) is 0 Å². The van der Waals surface area contributed by atoms with Gasteiger partial charge in [0.1, 0.15) is 0 Å². The molecule has 3 aromatic carbocycles. The van der Waals surface area contributed by atoms with Crippen molar-refractivity contribution < 1.29 is 0 Å². The van der Waals surface area contributed by atoms with E-state index in [4.69, 9.17) is 0 Å². The van der Waals surface area contributed by atoms with Crippen molar-refractivity contribution in [3.05, 3.63) is 71.3 Å². The van der Waals surface area contributed by atoms with E-state index < -0.39 is 0 Å². The molecule has 0 aliphatic carbocycles. The summed E-state index contributed by atoms with van der Waals surface area (Å²) in [4.78, 5) is 0. The second-order valence-electron chi connectivity index (χ2n) is 5.50. The molecular weight excluding hydrogens is 393 g/mol. The maximum Gasteiger partial charge on any atom is -0.0125 e. The number of fused-ring (bicyclic) bond motifs is 1. The highest BCUT2D eigenvalue weighted by molar-refractivity contribution is 7.16. The molecule has 0 N–H and O–H groups in total. The number of hydrogen-bond acceptors (Lipinski definition) is 0. The SMILES string of the molecule is CC.CC.CC.PCc1cccc(-c2ccc3cc(CP)c(CP)cc3c2)c1. The Morgan fingerprint density at radius 1 is 0.536 bits per heavy atom. The highest BCUT2D eigenvalue weighted by Gasteiger charge is 2.05. The minimum absolute atomic E-state index is 0.996. The topological polar surface area (TPSA) is 0 Å². The lowest BCUT2D eigenvalue weighted by Gasteiger charge is -2.10. The maximum absolute atomic E-state index is 2.84. The van der Waals surface area contributed by atoms with Crippen LogP contribution in [0.15, 0.2) is 54.6 Å². The van der Waals surface area contributed by atoms with Gasteiger partial charge in [0.2, 0.25) is 0 Å². The van der Waals surface area contributed by atoms with Gasteiger partial charge in [-0.05, 0) is 63.1 Å². The van der Waals surface area contributed by atoms with Gasteiger partial charge in [-0.1, -0.05) is 90.1 Å². The van der Waals surface area contributed by atoms with Crippen LogP contribution < -0.4 is 0 Å². The van der Waals surface area contributed by atoms with Gasteiger partial charge in [-0.25, -0.2) is 0 Å². The molecule has 0 aliphatic rings. The van der Waals surface area contributed by atoms with Gasteiger partial charge < -0.3 is 0 Å². The van der Waals surface area contributed by atoms with E-state index in [1.807, 2.05) is 41.5 Å². The Labute approximate surface area is 180 Å². The van der Waals surface area contributed by atoms with E-state index in [0.29, 0.717) is 0 Å². The minimum Gasteiger partial charge on any atom is -0.133 e. The lowest BCUT2D eigenvalue weighted by Crippen LogP contribution is -1.89. The van der Waals surface area contributed by atoms with Crippen LogP contribution in [0.3, 0.4) is 0 Å².